The number of hydrogen-bond acceptors (Lipinski definition) is 9. The molecule has 0 unspecified atom stereocenters. The molecule has 1 aromatic carbocycles. The number of hydrogen-bond donors (Lipinski definition) is 1. The Morgan fingerprint density at radius 3 is 2.56 bits per heavy atom. The largest absolute Gasteiger partial charge is 0.519 e. The van der Waals surface area contributed by atoms with Gasteiger partial charge in [0, 0.05) is 39.4 Å². The molecule has 2 atom stereocenters. The van der Waals surface area contributed by atoms with Gasteiger partial charge in [-0.25, -0.2) is 9.48 Å². The van der Waals surface area contributed by atoms with Crippen molar-refractivity contribution in [1.82, 2.24) is 24.8 Å². The Labute approximate surface area is 238 Å². The highest BCUT2D eigenvalue weighted by atomic mass is 16.6. The molecule has 12 heteroatoms. The molecular weight excluding hydrogens is 530 g/mol. The number of nitrogens with zero attached hydrogens (tertiary/aromatic N) is 5. The third kappa shape index (κ3) is 7.50. The second-order valence-corrected chi connectivity index (χ2v) is 11.0. The molecule has 2 aromatic heterocycles. The number of carbonyl (C=O) groups is 2. The Balaban J connectivity index is 1.66. The third-order valence-corrected chi connectivity index (χ3v) is 7.30. The van der Waals surface area contributed by atoms with Gasteiger partial charge < -0.3 is 23.6 Å². The van der Waals surface area contributed by atoms with Gasteiger partial charge in [-0.1, -0.05) is 37.3 Å². The highest BCUT2D eigenvalue weighted by molar-refractivity contribution is 5.93. The molecule has 3 heterocycles. The predicted octanol–water partition coefficient (Wildman–Crippen LogP) is 3.16. The lowest BCUT2D eigenvalue weighted by molar-refractivity contribution is -0.144. The average Bonchev–Trinajstić information content (AvgIpc) is 3.51. The average molecular weight is 570 g/mol. The van der Waals surface area contributed by atoms with E-state index in [1.165, 1.54) is 0 Å². The van der Waals surface area contributed by atoms with Gasteiger partial charge in [0.2, 0.25) is 0 Å². The third-order valence-electron chi connectivity index (χ3n) is 7.30. The molecule has 1 aliphatic heterocycles. The molecule has 0 aliphatic carbocycles. The van der Waals surface area contributed by atoms with Crippen LogP contribution in [0.5, 0.6) is 0 Å². The second-order valence-electron chi connectivity index (χ2n) is 11.0. The van der Waals surface area contributed by atoms with Crippen LogP contribution in [-0.4, -0.2) is 81.2 Å². The minimum absolute atomic E-state index is 0.126. The van der Waals surface area contributed by atoms with E-state index in [0.29, 0.717) is 49.8 Å². The maximum atomic E-state index is 14.3. The fraction of sp³-hybridized carbons (Fsp3) is 0.552. The van der Waals surface area contributed by atoms with Crippen LogP contribution in [0.2, 0.25) is 0 Å². The number of piperidine rings is 1. The number of aryl methyl sites for hydroxylation is 1. The van der Waals surface area contributed by atoms with Crippen LogP contribution in [0.4, 0.5) is 0 Å². The highest BCUT2D eigenvalue weighted by Crippen LogP contribution is 2.27. The zero-order valence-corrected chi connectivity index (χ0v) is 24.1. The number of unbranched alkanes of at least 4 members (excludes halogenated alkanes) is 1. The first-order valence-corrected chi connectivity index (χ1v) is 14.0. The summed E-state index contributed by atoms with van der Waals surface area (Å²) in [5.41, 5.74) is 1.79. The van der Waals surface area contributed by atoms with Crippen molar-refractivity contribution in [2.75, 3.05) is 33.4 Å². The minimum Gasteiger partial charge on any atom is -0.481 e. The number of carboxylic acids is 1. The summed E-state index contributed by atoms with van der Waals surface area (Å²) in [5.74, 6) is -1.87. The number of carbonyl (C=O) groups excluding carboxylic acids is 1. The summed E-state index contributed by atoms with van der Waals surface area (Å²) >= 11 is 0. The van der Waals surface area contributed by atoms with Crippen molar-refractivity contribution < 1.29 is 28.3 Å². The summed E-state index contributed by atoms with van der Waals surface area (Å²) in [6, 6.07) is 9.16. The Morgan fingerprint density at radius 2 is 1.93 bits per heavy atom. The van der Waals surface area contributed by atoms with Gasteiger partial charge in [0.05, 0.1) is 23.8 Å². The van der Waals surface area contributed by atoms with Crippen molar-refractivity contribution in [3.63, 3.8) is 0 Å². The van der Waals surface area contributed by atoms with Gasteiger partial charge in [0.15, 0.2) is 11.5 Å². The molecule has 3 aromatic rings. The monoisotopic (exact) mass is 569 g/mol. The van der Waals surface area contributed by atoms with Crippen molar-refractivity contribution in [3.8, 4) is 5.69 Å². The molecule has 12 nitrogen and oxygen atoms in total. The molecule has 1 saturated heterocycles. The first-order valence-electron chi connectivity index (χ1n) is 14.0. The number of methoxy groups -OCH3 is 1. The van der Waals surface area contributed by atoms with Crippen molar-refractivity contribution in [2.45, 2.75) is 59.0 Å². The molecular formula is C29H39N5O7. The lowest BCUT2D eigenvalue weighted by Crippen LogP contribution is -2.54. The Bertz CT molecular complexity index is 1360. The maximum absolute atomic E-state index is 14.3. The summed E-state index contributed by atoms with van der Waals surface area (Å²) in [5, 5.41) is 18.7. The zero-order valence-electron chi connectivity index (χ0n) is 24.1. The molecule has 1 amide bonds. The predicted molar refractivity (Wildman–Crippen MR) is 149 cm³/mol. The summed E-state index contributed by atoms with van der Waals surface area (Å²) in [4.78, 5) is 41.7. The summed E-state index contributed by atoms with van der Waals surface area (Å²) < 4.78 is 17.1. The van der Waals surface area contributed by atoms with Crippen LogP contribution in [0, 0.1) is 18.8 Å². The van der Waals surface area contributed by atoms with Gasteiger partial charge >= 0.3 is 11.8 Å². The van der Waals surface area contributed by atoms with Crippen LogP contribution in [0.1, 0.15) is 60.8 Å². The van der Waals surface area contributed by atoms with Crippen molar-refractivity contribution >= 4 is 11.9 Å². The smallest absolute Gasteiger partial charge is 0.481 e. The maximum Gasteiger partial charge on any atom is 0.519 e. The van der Waals surface area contributed by atoms with Crippen LogP contribution >= 0.6 is 0 Å². The molecule has 0 spiro atoms. The van der Waals surface area contributed by atoms with E-state index in [1.807, 2.05) is 49.1 Å². The number of rotatable bonds is 13. The van der Waals surface area contributed by atoms with E-state index < -0.39 is 23.8 Å². The first kappa shape index (κ1) is 30.2. The van der Waals surface area contributed by atoms with Crippen LogP contribution < -0.4 is 5.82 Å². The van der Waals surface area contributed by atoms with E-state index >= 15 is 0 Å². The van der Waals surface area contributed by atoms with Gasteiger partial charge in [-0.05, 0) is 50.7 Å². The SMILES string of the molecule is COCCCCc1c(C(=O)N(CC(C)C)[C@H]2C[C@@H](C(=O)O)CN(Cc3oc(=O)oc3C)C2)nnn1-c1ccccc1. The zero-order chi connectivity index (χ0) is 29.5. The number of amides is 1. The first-order chi connectivity index (χ1) is 19.7. The lowest BCUT2D eigenvalue weighted by Gasteiger charge is -2.42. The van der Waals surface area contributed by atoms with Crippen LogP contribution in [0.15, 0.2) is 44.0 Å². The number of para-hydroxylation sites is 1. The van der Waals surface area contributed by atoms with Crippen LogP contribution in [0.25, 0.3) is 5.69 Å². The van der Waals surface area contributed by atoms with Gasteiger partial charge in [-0.3, -0.25) is 14.5 Å². The molecule has 0 bridgehead atoms. The van der Waals surface area contributed by atoms with Gasteiger partial charge in [0.25, 0.3) is 5.91 Å². The number of aromatic nitrogens is 3. The van der Waals surface area contributed by atoms with Crippen molar-refractivity contribution in [3.05, 3.63) is 63.9 Å². The Kier molecular flexibility index (Phi) is 10.1. The Morgan fingerprint density at radius 1 is 1.17 bits per heavy atom. The van der Waals surface area contributed by atoms with E-state index in [0.717, 1.165) is 18.5 Å². The quantitative estimate of drug-likeness (QED) is 0.305. The van der Waals surface area contributed by atoms with Crippen molar-refractivity contribution in [2.24, 2.45) is 11.8 Å². The molecule has 1 aliphatic rings. The van der Waals surface area contributed by atoms with Crippen LogP contribution in [-0.2, 0) is 22.5 Å². The molecule has 222 valence electrons. The number of likely N-dealkylation sites (tertiary alicyclic amines) is 1. The number of ether oxygens (including phenoxy) is 1. The normalized spacial score (nSPS) is 17.7. The van der Waals surface area contributed by atoms with Gasteiger partial charge in [-0.2, -0.15) is 0 Å². The van der Waals surface area contributed by atoms with E-state index in [1.54, 1.807) is 23.6 Å². The molecule has 0 radical (unpaired) electrons. The van der Waals surface area contributed by atoms with E-state index in [2.05, 4.69) is 10.3 Å². The van der Waals surface area contributed by atoms with E-state index in [9.17, 15) is 19.5 Å². The summed E-state index contributed by atoms with van der Waals surface area (Å²) in [7, 11) is 1.66. The lowest BCUT2D eigenvalue weighted by atomic mass is 9.92. The molecule has 0 saturated carbocycles. The highest BCUT2D eigenvalue weighted by Gasteiger charge is 2.38. The fourth-order valence-electron chi connectivity index (χ4n) is 5.35. The standard InChI is InChI=1S/C29H39N5O7/c1-19(2)15-33(23-14-21(28(36)37)16-32(17-23)18-25-20(3)40-29(38)41-25)27(35)26-24(12-8-9-13-39-4)34(31-30-26)22-10-6-5-7-11-22/h5-7,10-11,19,21,23H,8-9,12-18H2,1-4H3,(H,36,37)/t21-,23+/m1/s1. The second kappa shape index (κ2) is 13.7. The van der Waals surface area contributed by atoms with Gasteiger partial charge in [0.1, 0.15) is 5.76 Å². The molecule has 4 rings (SSSR count). The van der Waals surface area contributed by atoms with Crippen LogP contribution in [0.3, 0.4) is 0 Å². The summed E-state index contributed by atoms with van der Waals surface area (Å²) in [6.07, 6.45) is 2.48. The van der Waals surface area contributed by atoms with Crippen molar-refractivity contribution in [1.29, 1.82) is 0 Å². The summed E-state index contributed by atoms with van der Waals surface area (Å²) in [6.45, 7) is 7.58. The Hall–Kier alpha value is -3.77. The minimum atomic E-state index is -0.934. The molecule has 1 N–H and O–H groups in total. The van der Waals surface area contributed by atoms with Gasteiger partial charge in [-0.15, -0.1) is 5.10 Å². The van der Waals surface area contributed by atoms with E-state index in [4.69, 9.17) is 13.6 Å². The molecule has 41 heavy (non-hydrogen) atoms. The number of carboxylic acid groups (broad SMARTS) is 1. The molecule has 1 fully saturated rings. The number of aliphatic carboxylic acids is 1. The topological polar surface area (TPSA) is 144 Å². The fourth-order valence-corrected chi connectivity index (χ4v) is 5.35. The van der Waals surface area contributed by atoms with E-state index in [-0.39, 0.29) is 30.6 Å². The number of benzene rings is 1.